The molecule has 4 rings (SSSR count). The zero-order valence-electron chi connectivity index (χ0n) is 14.6. The standard InChI is InChI=1S/C20H28O4/c1-19-8-7-15-13(14(19)5-6-16(19)18(23)24)4-3-11-9-12(21)10-17(22)20(11,15)2/h9,13-17,22H,3-8,10H2,1-2H3,(H,23,24)/t13-,14-,15-,16+,17+,19-,20-/m0/s1. The van der Waals surface area contributed by atoms with Gasteiger partial charge in [-0.1, -0.05) is 19.4 Å². The van der Waals surface area contributed by atoms with Gasteiger partial charge in [0.15, 0.2) is 5.78 Å². The number of rotatable bonds is 1. The Bertz CT molecular complexity index is 623. The highest BCUT2D eigenvalue weighted by Crippen LogP contribution is 2.66. The molecule has 0 aromatic rings. The topological polar surface area (TPSA) is 74.6 Å². The molecule has 0 bridgehead atoms. The van der Waals surface area contributed by atoms with Gasteiger partial charge in [0.25, 0.3) is 0 Å². The predicted molar refractivity (Wildman–Crippen MR) is 89.2 cm³/mol. The smallest absolute Gasteiger partial charge is 0.307 e. The first-order valence-corrected chi connectivity index (χ1v) is 9.43. The number of carbonyl (C=O) groups excluding carboxylic acids is 1. The molecule has 7 atom stereocenters. The van der Waals surface area contributed by atoms with Crippen molar-refractivity contribution in [3.05, 3.63) is 11.6 Å². The summed E-state index contributed by atoms with van der Waals surface area (Å²) in [6, 6.07) is 0. The third-order valence-corrected chi connectivity index (χ3v) is 8.37. The van der Waals surface area contributed by atoms with E-state index in [4.69, 9.17) is 0 Å². The molecule has 0 aliphatic heterocycles. The van der Waals surface area contributed by atoms with E-state index in [2.05, 4.69) is 13.8 Å². The highest BCUT2D eigenvalue weighted by atomic mass is 16.4. The molecule has 3 fully saturated rings. The minimum atomic E-state index is -0.635. The van der Waals surface area contributed by atoms with Gasteiger partial charge in [-0.15, -0.1) is 0 Å². The van der Waals surface area contributed by atoms with Crippen LogP contribution in [-0.4, -0.2) is 28.1 Å². The first kappa shape index (κ1) is 16.3. The molecule has 3 saturated carbocycles. The molecule has 4 aliphatic carbocycles. The number of ketones is 1. The lowest BCUT2D eigenvalue weighted by Crippen LogP contribution is -2.55. The fourth-order valence-electron chi connectivity index (χ4n) is 7.01. The maximum Gasteiger partial charge on any atom is 0.307 e. The van der Waals surface area contributed by atoms with E-state index in [0.29, 0.717) is 17.8 Å². The van der Waals surface area contributed by atoms with E-state index < -0.39 is 12.1 Å². The van der Waals surface area contributed by atoms with E-state index in [1.54, 1.807) is 6.08 Å². The molecule has 132 valence electrons. The number of carbonyl (C=O) groups is 2. The summed E-state index contributed by atoms with van der Waals surface area (Å²) in [5, 5.41) is 20.4. The lowest BCUT2D eigenvalue weighted by molar-refractivity contribution is -0.151. The zero-order chi connectivity index (χ0) is 17.3. The molecule has 0 aromatic heterocycles. The van der Waals surface area contributed by atoms with Crippen molar-refractivity contribution in [1.82, 2.24) is 0 Å². The summed E-state index contributed by atoms with van der Waals surface area (Å²) in [4.78, 5) is 23.6. The van der Waals surface area contributed by atoms with Gasteiger partial charge in [-0.25, -0.2) is 0 Å². The molecule has 24 heavy (non-hydrogen) atoms. The SMILES string of the molecule is C[C@]12CC[C@H]3[C@@H](CCC4=CC(=O)C[C@@H](O)[C@@]43C)[C@@H]1CC[C@@H]2C(=O)O. The molecule has 0 saturated heterocycles. The maximum atomic E-state index is 11.9. The Morgan fingerprint density at radius 3 is 2.62 bits per heavy atom. The first-order valence-electron chi connectivity index (χ1n) is 9.43. The highest BCUT2D eigenvalue weighted by molar-refractivity contribution is 5.92. The van der Waals surface area contributed by atoms with E-state index in [0.717, 1.165) is 44.1 Å². The molecule has 0 spiro atoms. The number of hydrogen-bond donors (Lipinski definition) is 2. The average Bonchev–Trinajstić information content (AvgIpc) is 2.86. The summed E-state index contributed by atoms with van der Waals surface area (Å²) < 4.78 is 0. The Morgan fingerprint density at radius 1 is 1.17 bits per heavy atom. The number of aliphatic carboxylic acids is 1. The van der Waals surface area contributed by atoms with Crippen molar-refractivity contribution >= 4 is 11.8 Å². The largest absolute Gasteiger partial charge is 0.481 e. The fourth-order valence-corrected chi connectivity index (χ4v) is 7.01. The molecule has 2 N–H and O–H groups in total. The second-order valence-corrected chi connectivity index (χ2v) is 9.07. The van der Waals surface area contributed by atoms with E-state index in [9.17, 15) is 19.8 Å². The van der Waals surface area contributed by atoms with Gasteiger partial charge in [-0.2, -0.15) is 0 Å². The highest BCUT2D eigenvalue weighted by Gasteiger charge is 2.61. The van der Waals surface area contributed by atoms with Gasteiger partial charge in [0.05, 0.1) is 12.0 Å². The molecule has 4 nitrogen and oxygen atoms in total. The van der Waals surface area contributed by atoms with E-state index in [1.165, 1.54) is 0 Å². The van der Waals surface area contributed by atoms with Gasteiger partial charge in [-0.3, -0.25) is 9.59 Å². The molecular formula is C20H28O4. The first-order chi connectivity index (χ1) is 11.3. The van der Waals surface area contributed by atoms with Crippen molar-refractivity contribution in [2.24, 2.45) is 34.5 Å². The van der Waals surface area contributed by atoms with Crippen LogP contribution < -0.4 is 0 Å². The van der Waals surface area contributed by atoms with Gasteiger partial charge in [0.1, 0.15) is 0 Å². The molecule has 0 unspecified atom stereocenters. The summed E-state index contributed by atoms with van der Waals surface area (Å²) in [5.74, 6) is 0.515. The number of fused-ring (bicyclic) bond motifs is 5. The Labute approximate surface area is 143 Å². The van der Waals surface area contributed by atoms with Crippen LogP contribution in [0.2, 0.25) is 0 Å². The number of aliphatic hydroxyl groups excluding tert-OH is 1. The van der Waals surface area contributed by atoms with Crippen LogP contribution in [0.25, 0.3) is 0 Å². The van der Waals surface area contributed by atoms with Crippen molar-refractivity contribution in [1.29, 1.82) is 0 Å². The van der Waals surface area contributed by atoms with Gasteiger partial charge in [0.2, 0.25) is 0 Å². The molecule has 4 aliphatic rings. The molecule has 0 amide bonds. The van der Waals surface area contributed by atoms with Crippen molar-refractivity contribution in [3.63, 3.8) is 0 Å². The Kier molecular flexibility index (Phi) is 3.51. The van der Waals surface area contributed by atoms with Crippen molar-refractivity contribution in [2.45, 2.75) is 64.9 Å². The normalized spacial score (nSPS) is 50.5. The quantitative estimate of drug-likeness (QED) is 0.773. The van der Waals surface area contributed by atoms with E-state index in [-0.39, 0.29) is 29.0 Å². The summed E-state index contributed by atoms with van der Waals surface area (Å²) in [5.41, 5.74) is 0.753. The molecule has 0 heterocycles. The van der Waals surface area contributed by atoms with Crippen LogP contribution in [0.5, 0.6) is 0 Å². The number of carboxylic acid groups (broad SMARTS) is 1. The molecule has 4 heteroatoms. The fraction of sp³-hybridized carbons (Fsp3) is 0.800. The predicted octanol–water partition coefficient (Wildman–Crippen LogP) is 3.19. The van der Waals surface area contributed by atoms with Gasteiger partial charge >= 0.3 is 5.97 Å². The van der Waals surface area contributed by atoms with E-state index >= 15 is 0 Å². The van der Waals surface area contributed by atoms with Crippen LogP contribution in [0.4, 0.5) is 0 Å². The van der Waals surface area contributed by atoms with Crippen LogP contribution >= 0.6 is 0 Å². The lowest BCUT2D eigenvalue weighted by atomic mass is 9.46. The Balaban J connectivity index is 1.70. The van der Waals surface area contributed by atoms with Crippen LogP contribution in [0, 0.1) is 34.5 Å². The third kappa shape index (κ3) is 1.95. The lowest BCUT2D eigenvalue weighted by Gasteiger charge is -2.59. The van der Waals surface area contributed by atoms with Crippen molar-refractivity contribution < 1.29 is 19.8 Å². The minimum Gasteiger partial charge on any atom is -0.481 e. The molecular weight excluding hydrogens is 304 g/mol. The van der Waals surface area contributed by atoms with E-state index in [1.807, 2.05) is 0 Å². The van der Waals surface area contributed by atoms with Crippen molar-refractivity contribution in [2.75, 3.05) is 0 Å². The Morgan fingerprint density at radius 2 is 1.92 bits per heavy atom. The van der Waals surface area contributed by atoms with Crippen molar-refractivity contribution in [3.8, 4) is 0 Å². The summed E-state index contributed by atoms with van der Waals surface area (Å²) in [7, 11) is 0. The summed E-state index contributed by atoms with van der Waals surface area (Å²) in [6.07, 6.45) is 7.07. The van der Waals surface area contributed by atoms with Crippen LogP contribution in [-0.2, 0) is 9.59 Å². The summed E-state index contributed by atoms with van der Waals surface area (Å²) >= 11 is 0. The van der Waals surface area contributed by atoms with Crippen LogP contribution in [0.3, 0.4) is 0 Å². The molecule has 0 aromatic carbocycles. The van der Waals surface area contributed by atoms with Gasteiger partial charge < -0.3 is 10.2 Å². The Hall–Kier alpha value is -1.16. The molecule has 0 radical (unpaired) electrons. The zero-order valence-corrected chi connectivity index (χ0v) is 14.6. The van der Waals surface area contributed by atoms with Gasteiger partial charge in [0, 0.05) is 11.8 Å². The second-order valence-electron chi connectivity index (χ2n) is 9.07. The monoisotopic (exact) mass is 332 g/mol. The number of aliphatic hydroxyl groups is 1. The average molecular weight is 332 g/mol. The minimum absolute atomic E-state index is 0.0564. The summed E-state index contributed by atoms with van der Waals surface area (Å²) in [6.45, 7) is 4.34. The number of carboxylic acids is 1. The van der Waals surface area contributed by atoms with Crippen LogP contribution in [0.1, 0.15) is 58.8 Å². The third-order valence-electron chi connectivity index (χ3n) is 8.37. The maximum absolute atomic E-state index is 11.9. The van der Waals surface area contributed by atoms with Gasteiger partial charge in [-0.05, 0) is 67.8 Å². The van der Waals surface area contributed by atoms with Crippen LogP contribution in [0.15, 0.2) is 11.6 Å². The second kappa shape index (κ2) is 5.17. The number of hydrogen-bond acceptors (Lipinski definition) is 3.